The van der Waals surface area contributed by atoms with Gasteiger partial charge in [-0.1, -0.05) is 18.2 Å². The average Bonchev–Trinajstić information content (AvgIpc) is 3.59. The molecule has 2 atom stereocenters. The number of rotatable bonds is 8. The van der Waals surface area contributed by atoms with Crippen molar-refractivity contribution in [2.45, 2.75) is 51.2 Å². The second kappa shape index (κ2) is 10.4. The summed E-state index contributed by atoms with van der Waals surface area (Å²) < 4.78 is 19.7. The molecule has 1 N–H and O–H groups in total. The number of amides is 2. The van der Waals surface area contributed by atoms with Crippen molar-refractivity contribution in [2.24, 2.45) is 5.92 Å². The lowest BCUT2D eigenvalue weighted by Gasteiger charge is -2.38. The van der Waals surface area contributed by atoms with Gasteiger partial charge in [0.25, 0.3) is 5.91 Å². The maximum absolute atomic E-state index is 13.7. The fourth-order valence-corrected chi connectivity index (χ4v) is 5.22. The molecule has 2 aliphatic heterocycles. The zero-order valence-electron chi connectivity index (χ0n) is 20.3. The van der Waals surface area contributed by atoms with Gasteiger partial charge in [-0.3, -0.25) is 9.59 Å². The number of hydrogen-bond acceptors (Lipinski definition) is 4. The summed E-state index contributed by atoms with van der Waals surface area (Å²) in [5.74, 6) is 0.429. The normalized spacial score (nSPS) is 20.9. The number of nitrogens with zero attached hydrogens (tertiary/aromatic N) is 2. The van der Waals surface area contributed by atoms with Gasteiger partial charge >= 0.3 is 0 Å². The lowest BCUT2D eigenvalue weighted by molar-refractivity contribution is -0.134. The standard InChI is InChI=1S/C28H34FN3O3/c1-19(27(33)30-13-17-31-14-2-3-15-31)35-24-11-8-20-12-16-32(28(34)22-4-5-22)26(25(20)18-24)21-6-9-23(29)10-7-21/h6-11,18-19,22,26H,2-5,12-17H2,1H3,(H,30,33)/t19-,26+/m0/s1. The van der Waals surface area contributed by atoms with Crippen LogP contribution >= 0.6 is 0 Å². The number of nitrogens with one attached hydrogen (secondary N) is 1. The molecule has 186 valence electrons. The molecule has 0 unspecified atom stereocenters. The number of benzene rings is 2. The molecular formula is C28H34FN3O3. The van der Waals surface area contributed by atoms with Gasteiger partial charge < -0.3 is 19.9 Å². The van der Waals surface area contributed by atoms with E-state index in [1.807, 2.05) is 23.1 Å². The molecule has 0 bridgehead atoms. The summed E-state index contributed by atoms with van der Waals surface area (Å²) in [6, 6.07) is 12.0. The van der Waals surface area contributed by atoms with Gasteiger partial charge in [0.1, 0.15) is 11.6 Å². The number of carbonyl (C=O) groups excluding carboxylic acids is 2. The average molecular weight is 480 g/mol. The van der Waals surface area contributed by atoms with Gasteiger partial charge in [0.15, 0.2) is 6.10 Å². The Labute approximate surface area is 206 Å². The second-order valence-electron chi connectivity index (χ2n) is 9.97. The molecule has 7 heteroatoms. The van der Waals surface area contributed by atoms with Gasteiger partial charge in [0.2, 0.25) is 5.91 Å². The summed E-state index contributed by atoms with van der Waals surface area (Å²) in [5.41, 5.74) is 3.01. The molecule has 1 aliphatic carbocycles. The SMILES string of the molecule is C[C@H](Oc1ccc2c(c1)[C@@H](c1ccc(F)cc1)N(C(=O)C1CC1)CC2)C(=O)NCCN1CCCC1. The zero-order chi connectivity index (χ0) is 24.4. The summed E-state index contributed by atoms with van der Waals surface area (Å²) in [6.07, 6.45) is 4.46. The topological polar surface area (TPSA) is 61.9 Å². The molecule has 2 fully saturated rings. The van der Waals surface area contributed by atoms with E-state index in [4.69, 9.17) is 4.74 Å². The van der Waals surface area contributed by atoms with Crippen molar-refractivity contribution in [2.75, 3.05) is 32.7 Å². The van der Waals surface area contributed by atoms with Crippen LogP contribution in [-0.2, 0) is 16.0 Å². The maximum atomic E-state index is 13.7. The Hall–Kier alpha value is -2.93. The van der Waals surface area contributed by atoms with E-state index < -0.39 is 6.10 Å². The van der Waals surface area contributed by atoms with Crippen LogP contribution in [0.3, 0.4) is 0 Å². The highest BCUT2D eigenvalue weighted by Gasteiger charge is 2.39. The first-order chi connectivity index (χ1) is 17.0. The second-order valence-corrected chi connectivity index (χ2v) is 9.97. The summed E-state index contributed by atoms with van der Waals surface area (Å²) in [5, 5.41) is 2.98. The predicted octanol–water partition coefficient (Wildman–Crippen LogP) is 3.69. The number of likely N-dealkylation sites (tertiary alicyclic amines) is 1. The molecule has 1 saturated heterocycles. The van der Waals surface area contributed by atoms with E-state index in [1.54, 1.807) is 19.1 Å². The summed E-state index contributed by atoms with van der Waals surface area (Å²) in [7, 11) is 0. The monoisotopic (exact) mass is 479 g/mol. The fourth-order valence-electron chi connectivity index (χ4n) is 5.22. The highest BCUT2D eigenvalue weighted by Crippen LogP contribution is 2.41. The predicted molar refractivity (Wildman–Crippen MR) is 132 cm³/mol. The van der Waals surface area contributed by atoms with Crippen LogP contribution in [-0.4, -0.2) is 60.4 Å². The Kier molecular flexibility index (Phi) is 7.04. The Morgan fingerprint density at radius 2 is 1.83 bits per heavy atom. The molecule has 2 heterocycles. The van der Waals surface area contributed by atoms with Crippen molar-refractivity contribution < 1.29 is 18.7 Å². The van der Waals surface area contributed by atoms with Gasteiger partial charge in [-0.25, -0.2) is 4.39 Å². The quantitative estimate of drug-likeness (QED) is 0.627. The van der Waals surface area contributed by atoms with Gasteiger partial charge in [-0.05, 0) is 93.1 Å². The van der Waals surface area contributed by atoms with Gasteiger partial charge in [-0.2, -0.15) is 0 Å². The van der Waals surface area contributed by atoms with Gasteiger partial charge in [0, 0.05) is 25.6 Å². The van der Waals surface area contributed by atoms with Crippen LogP contribution < -0.4 is 10.1 Å². The van der Waals surface area contributed by atoms with Crippen molar-refractivity contribution in [3.05, 3.63) is 65.0 Å². The first kappa shape index (κ1) is 23.8. The molecule has 2 aromatic rings. The number of ether oxygens (including phenoxy) is 1. The number of hydrogen-bond donors (Lipinski definition) is 1. The minimum absolute atomic E-state index is 0.100. The van der Waals surface area contributed by atoms with Crippen molar-refractivity contribution in [1.82, 2.24) is 15.1 Å². The smallest absolute Gasteiger partial charge is 0.260 e. The zero-order valence-corrected chi connectivity index (χ0v) is 20.3. The third kappa shape index (κ3) is 5.50. The first-order valence-corrected chi connectivity index (χ1v) is 12.8. The lowest BCUT2D eigenvalue weighted by Crippen LogP contribution is -2.41. The minimum Gasteiger partial charge on any atom is -0.481 e. The molecule has 1 saturated carbocycles. The van der Waals surface area contributed by atoms with E-state index in [1.165, 1.54) is 25.0 Å². The molecule has 2 aromatic carbocycles. The van der Waals surface area contributed by atoms with Gasteiger partial charge in [-0.15, -0.1) is 0 Å². The van der Waals surface area contributed by atoms with Crippen molar-refractivity contribution in [3.8, 4) is 5.75 Å². The van der Waals surface area contributed by atoms with Gasteiger partial charge in [0.05, 0.1) is 6.04 Å². The summed E-state index contributed by atoms with van der Waals surface area (Å²) in [4.78, 5) is 30.0. The van der Waals surface area contributed by atoms with Crippen LogP contribution in [0.4, 0.5) is 4.39 Å². The summed E-state index contributed by atoms with van der Waals surface area (Å²) >= 11 is 0. The molecule has 35 heavy (non-hydrogen) atoms. The molecule has 6 nitrogen and oxygen atoms in total. The Balaban J connectivity index is 1.32. The van der Waals surface area contributed by atoms with E-state index in [2.05, 4.69) is 10.2 Å². The van der Waals surface area contributed by atoms with E-state index in [0.717, 1.165) is 55.6 Å². The van der Waals surface area contributed by atoms with E-state index >= 15 is 0 Å². The minimum atomic E-state index is -0.635. The maximum Gasteiger partial charge on any atom is 0.260 e. The van der Waals surface area contributed by atoms with E-state index in [-0.39, 0.29) is 29.6 Å². The Morgan fingerprint density at radius 3 is 2.54 bits per heavy atom. The van der Waals surface area contributed by atoms with E-state index in [0.29, 0.717) is 18.8 Å². The van der Waals surface area contributed by atoms with Crippen LogP contribution in [0, 0.1) is 11.7 Å². The van der Waals surface area contributed by atoms with Crippen molar-refractivity contribution in [1.29, 1.82) is 0 Å². The van der Waals surface area contributed by atoms with Crippen LogP contribution in [0.25, 0.3) is 0 Å². The largest absolute Gasteiger partial charge is 0.481 e. The first-order valence-electron chi connectivity index (χ1n) is 12.8. The Bertz CT molecular complexity index is 1060. The van der Waals surface area contributed by atoms with Crippen LogP contribution in [0.5, 0.6) is 5.75 Å². The molecule has 0 radical (unpaired) electrons. The number of fused-ring (bicyclic) bond motifs is 1. The third-order valence-corrected chi connectivity index (χ3v) is 7.35. The molecule has 2 amide bonds. The van der Waals surface area contributed by atoms with Crippen LogP contribution in [0.15, 0.2) is 42.5 Å². The molecule has 5 rings (SSSR count). The highest BCUT2D eigenvalue weighted by molar-refractivity contribution is 5.82. The highest BCUT2D eigenvalue weighted by atomic mass is 19.1. The fraction of sp³-hybridized carbons (Fsp3) is 0.500. The number of carbonyl (C=O) groups is 2. The number of halogens is 1. The van der Waals surface area contributed by atoms with Crippen LogP contribution in [0.2, 0.25) is 0 Å². The third-order valence-electron chi connectivity index (χ3n) is 7.35. The van der Waals surface area contributed by atoms with E-state index in [9.17, 15) is 14.0 Å². The van der Waals surface area contributed by atoms with Crippen LogP contribution in [0.1, 0.15) is 55.3 Å². The van der Waals surface area contributed by atoms with Crippen molar-refractivity contribution in [3.63, 3.8) is 0 Å². The van der Waals surface area contributed by atoms with Crippen molar-refractivity contribution >= 4 is 11.8 Å². The molecule has 0 spiro atoms. The molecule has 0 aromatic heterocycles. The molecule has 3 aliphatic rings. The summed E-state index contributed by atoms with van der Waals surface area (Å²) in [6.45, 7) is 6.08. The molecular weight excluding hydrogens is 445 g/mol. The lowest BCUT2D eigenvalue weighted by atomic mass is 9.87. The Morgan fingerprint density at radius 1 is 1.09 bits per heavy atom.